The predicted octanol–water partition coefficient (Wildman–Crippen LogP) is 6.65. The van der Waals surface area contributed by atoms with Crippen LogP contribution in [0.3, 0.4) is 0 Å². The van der Waals surface area contributed by atoms with Gasteiger partial charge in [0, 0.05) is 31.0 Å². The van der Waals surface area contributed by atoms with Crippen LogP contribution in [0, 0.1) is 11.3 Å². The molecule has 1 aliphatic carbocycles. The van der Waals surface area contributed by atoms with Crippen LogP contribution in [0.25, 0.3) is 16.9 Å². The highest BCUT2D eigenvalue weighted by molar-refractivity contribution is 6.34. The van der Waals surface area contributed by atoms with Gasteiger partial charge in [0.2, 0.25) is 0 Å². The highest BCUT2D eigenvalue weighted by Crippen LogP contribution is 2.49. The molecule has 0 bridgehead atoms. The van der Waals surface area contributed by atoms with E-state index in [1.807, 2.05) is 6.07 Å². The molecule has 3 aromatic rings. The summed E-state index contributed by atoms with van der Waals surface area (Å²) >= 11 is 6.30. The lowest BCUT2D eigenvalue weighted by atomic mass is 10.0. The second-order valence-electron chi connectivity index (χ2n) is 12.9. The Morgan fingerprint density at radius 2 is 1.59 bits per heavy atom. The molecule has 302 valence electrons. The van der Waals surface area contributed by atoms with E-state index in [1.165, 1.54) is 12.1 Å². The Hall–Kier alpha value is -5.72. The molecule has 4 rings (SSSR count). The van der Waals surface area contributed by atoms with Gasteiger partial charge in [0.05, 0.1) is 22.9 Å². The summed E-state index contributed by atoms with van der Waals surface area (Å²) in [5.41, 5.74) is -7.54. The molecule has 0 unspecified atom stereocenters. The fourth-order valence-electron chi connectivity index (χ4n) is 4.88. The molecule has 0 saturated heterocycles. The minimum Gasteiger partial charge on any atom is -0.459 e. The van der Waals surface area contributed by atoms with Gasteiger partial charge in [-0.3, -0.25) is 9.69 Å². The van der Waals surface area contributed by atoms with E-state index in [0.717, 1.165) is 35.5 Å². The van der Waals surface area contributed by atoms with Crippen LogP contribution < -0.4 is 0 Å². The van der Waals surface area contributed by atoms with E-state index in [9.17, 15) is 59.6 Å². The summed E-state index contributed by atoms with van der Waals surface area (Å²) < 4.78 is 130. The normalized spacial score (nSPS) is 14.2. The molecule has 1 saturated carbocycles. The first kappa shape index (κ1) is 43.0. The summed E-state index contributed by atoms with van der Waals surface area (Å²) in [6.45, 7) is 3.05. The van der Waals surface area contributed by atoms with E-state index in [-0.39, 0.29) is 39.2 Å². The van der Waals surface area contributed by atoms with Gasteiger partial charge >= 0.3 is 36.4 Å². The van der Waals surface area contributed by atoms with Gasteiger partial charge in [-0.25, -0.2) is 23.7 Å². The van der Waals surface area contributed by atoms with Crippen LogP contribution in [-0.2, 0) is 47.7 Å². The number of esters is 2. The molecule has 0 aliphatic heterocycles. The van der Waals surface area contributed by atoms with E-state index < -0.39 is 90.4 Å². The van der Waals surface area contributed by atoms with Crippen LogP contribution in [-0.4, -0.2) is 85.7 Å². The van der Waals surface area contributed by atoms with Crippen LogP contribution in [0.2, 0.25) is 5.02 Å². The Balaban J connectivity index is 1.49. The lowest BCUT2D eigenvalue weighted by Crippen LogP contribution is -2.43. The summed E-state index contributed by atoms with van der Waals surface area (Å²) in [5.74, 6) is -9.97. The number of ether oxygens (including phenoxy) is 4. The quantitative estimate of drug-likeness (QED) is 0.0479. The van der Waals surface area contributed by atoms with Crippen LogP contribution >= 0.6 is 11.6 Å². The Morgan fingerprint density at radius 1 is 0.964 bits per heavy atom. The smallest absolute Gasteiger partial charge is 0.459 e. The number of amides is 1. The van der Waals surface area contributed by atoms with Crippen molar-refractivity contribution in [1.82, 2.24) is 24.5 Å². The largest absolute Gasteiger partial charge is 0.510 e. The number of benzene rings is 1. The third kappa shape index (κ3) is 9.74. The van der Waals surface area contributed by atoms with Gasteiger partial charge in [-0.1, -0.05) is 17.7 Å². The Morgan fingerprint density at radius 3 is 2.16 bits per heavy atom. The number of hydrogen-bond donors (Lipinski definition) is 0. The summed E-state index contributed by atoms with van der Waals surface area (Å²) in [4.78, 5) is 50.4. The zero-order chi connectivity index (χ0) is 42.0. The number of carbonyl (C=O) groups is 4. The van der Waals surface area contributed by atoms with Crippen molar-refractivity contribution < 1.29 is 73.2 Å². The first-order valence-corrected chi connectivity index (χ1v) is 16.2. The Labute approximate surface area is 316 Å². The van der Waals surface area contributed by atoms with E-state index in [0.29, 0.717) is 11.7 Å². The lowest BCUT2D eigenvalue weighted by Gasteiger charge is -2.27. The van der Waals surface area contributed by atoms with E-state index in [1.54, 1.807) is 20.8 Å². The predicted molar refractivity (Wildman–Crippen MR) is 173 cm³/mol. The van der Waals surface area contributed by atoms with Crippen molar-refractivity contribution in [2.24, 2.45) is 7.05 Å². The summed E-state index contributed by atoms with van der Waals surface area (Å²) in [7, 11) is 0.708. The summed E-state index contributed by atoms with van der Waals surface area (Å²) in [5, 5.41) is 16.2. The highest BCUT2D eigenvalue weighted by atomic mass is 35.5. The van der Waals surface area contributed by atoms with Crippen LogP contribution in [0.1, 0.15) is 55.2 Å². The van der Waals surface area contributed by atoms with Crippen molar-refractivity contribution in [3.05, 3.63) is 64.6 Å². The SMILES string of the molecule is Cn1nc(C(F)(F)C(F)(F)F)c(C(F)(F)F)c1-n1cc(-c2ccc(Cl)c(C(=O)N(COC(=O)OCCOC(=O)/C=C/C(=O)OC(C)(C)C)C3(C#N)CC3)c2)cn1. The minimum absolute atomic E-state index is 0.0399. The number of hydrogen-bond acceptors (Lipinski definition) is 11. The summed E-state index contributed by atoms with van der Waals surface area (Å²) in [6, 6.07) is 5.56. The topological polar surface area (TPSA) is 168 Å². The number of alkyl halides is 8. The number of aryl methyl sites for hydroxylation is 1. The third-order valence-corrected chi connectivity index (χ3v) is 7.93. The average molecular weight is 825 g/mol. The van der Waals surface area contributed by atoms with Crippen LogP contribution in [0.4, 0.5) is 39.9 Å². The maximum Gasteiger partial charge on any atom is 0.510 e. The summed E-state index contributed by atoms with van der Waals surface area (Å²) in [6.07, 6.45) is -9.77. The number of carbonyl (C=O) groups excluding carboxylic acids is 4. The molecule has 1 fully saturated rings. The van der Waals surface area contributed by atoms with Gasteiger partial charge in [-0.05, 0) is 51.3 Å². The van der Waals surface area contributed by atoms with Gasteiger partial charge in [0.15, 0.2) is 18.2 Å². The van der Waals surface area contributed by atoms with Crippen LogP contribution in [0.15, 0.2) is 42.7 Å². The van der Waals surface area contributed by atoms with Crippen LogP contribution in [0.5, 0.6) is 0 Å². The molecule has 14 nitrogen and oxygen atoms in total. The standard InChI is InChI=1S/C33H29ClF8N6O8/c1-29(2,3)56-23(50)8-7-22(49)53-11-12-54-28(52)55-17-47(30(16-43)9-10-30)27(51)20-13-18(5-6-21(20)34)19-14-44-48(15-19)26-24(32(37,38)39)25(45-46(26)4)31(35,36)33(40,41)42/h5-8,13-15H,9-12,17H2,1-4H3/b8-7+. The molecule has 0 spiro atoms. The van der Waals surface area contributed by atoms with E-state index in [4.69, 9.17) is 30.5 Å². The maximum atomic E-state index is 14.2. The molecule has 23 heteroatoms. The molecule has 56 heavy (non-hydrogen) atoms. The molecule has 2 aromatic heterocycles. The van der Waals surface area contributed by atoms with Crippen molar-refractivity contribution in [3.8, 4) is 23.0 Å². The van der Waals surface area contributed by atoms with Gasteiger partial charge in [0.1, 0.15) is 29.9 Å². The monoisotopic (exact) mass is 824 g/mol. The first-order valence-electron chi connectivity index (χ1n) is 15.9. The Bertz CT molecular complexity index is 2080. The molecule has 1 aromatic carbocycles. The molecule has 1 amide bonds. The number of halogens is 9. The Kier molecular flexibility index (Phi) is 12.1. The molecule has 2 heterocycles. The molecular formula is C33H29ClF8N6O8. The number of nitriles is 1. The van der Waals surface area contributed by atoms with Gasteiger partial charge < -0.3 is 18.9 Å². The zero-order valence-corrected chi connectivity index (χ0v) is 30.2. The molecule has 0 radical (unpaired) electrons. The van der Waals surface area contributed by atoms with Crippen molar-refractivity contribution in [2.75, 3.05) is 19.9 Å². The highest BCUT2D eigenvalue weighted by Gasteiger charge is 2.64. The number of nitrogens with zero attached hydrogens (tertiary/aromatic N) is 6. The maximum absolute atomic E-state index is 14.2. The number of aromatic nitrogens is 4. The molecular weight excluding hydrogens is 796 g/mol. The fraction of sp³-hybridized carbons (Fsp3) is 0.424. The van der Waals surface area contributed by atoms with E-state index in [2.05, 4.69) is 10.2 Å². The van der Waals surface area contributed by atoms with E-state index >= 15 is 0 Å². The molecule has 1 aliphatic rings. The molecule has 0 N–H and O–H groups in total. The first-order chi connectivity index (χ1) is 25.8. The zero-order valence-electron chi connectivity index (χ0n) is 29.4. The van der Waals surface area contributed by atoms with Crippen molar-refractivity contribution in [1.29, 1.82) is 5.26 Å². The third-order valence-electron chi connectivity index (χ3n) is 7.60. The van der Waals surface area contributed by atoms with Crippen molar-refractivity contribution in [2.45, 2.75) is 63.0 Å². The number of rotatable bonds is 12. The second kappa shape index (κ2) is 15.8. The second-order valence-corrected chi connectivity index (χ2v) is 13.3. The van der Waals surface area contributed by atoms with Gasteiger partial charge in [-0.15, -0.1) is 0 Å². The molecule has 0 atom stereocenters. The van der Waals surface area contributed by atoms with Gasteiger partial charge in [0.25, 0.3) is 5.91 Å². The average Bonchev–Trinajstić information content (AvgIpc) is 3.55. The van der Waals surface area contributed by atoms with Crippen molar-refractivity contribution >= 4 is 35.6 Å². The fourth-order valence-corrected chi connectivity index (χ4v) is 5.08. The minimum atomic E-state index is -6.41. The van der Waals surface area contributed by atoms with Gasteiger partial charge in [-0.2, -0.15) is 50.6 Å². The van der Waals surface area contributed by atoms with Crippen molar-refractivity contribution in [3.63, 3.8) is 0 Å². The lowest BCUT2D eigenvalue weighted by molar-refractivity contribution is -0.292.